The Morgan fingerprint density at radius 2 is 1.86 bits per heavy atom. The molecule has 0 unspecified atom stereocenters. The first kappa shape index (κ1) is 23.7. The molecule has 0 bridgehead atoms. The van der Waals surface area contributed by atoms with Gasteiger partial charge in [-0.3, -0.25) is 4.98 Å². The summed E-state index contributed by atoms with van der Waals surface area (Å²) in [7, 11) is 1.42. The molecule has 0 saturated carbocycles. The summed E-state index contributed by atoms with van der Waals surface area (Å²) in [6.45, 7) is 2.09. The van der Waals surface area contributed by atoms with E-state index in [1.807, 2.05) is 6.92 Å². The first-order valence-electron chi connectivity index (χ1n) is 11.1. The minimum atomic E-state index is -4.71. The van der Waals surface area contributed by atoms with Gasteiger partial charge >= 0.3 is 12.2 Å². The van der Waals surface area contributed by atoms with Gasteiger partial charge < -0.3 is 15.8 Å². The van der Waals surface area contributed by atoms with E-state index >= 15 is 0 Å². The molecule has 4 aromatic rings. The van der Waals surface area contributed by atoms with Crippen LogP contribution >= 0.6 is 0 Å². The van der Waals surface area contributed by atoms with E-state index in [0.29, 0.717) is 52.3 Å². The predicted octanol–water partition coefficient (Wildman–Crippen LogP) is 4.35. The van der Waals surface area contributed by atoms with Crippen molar-refractivity contribution in [3.63, 3.8) is 0 Å². The van der Waals surface area contributed by atoms with Crippen molar-refractivity contribution in [3.8, 4) is 34.0 Å². The Morgan fingerprint density at radius 1 is 1.11 bits per heavy atom. The summed E-state index contributed by atoms with van der Waals surface area (Å²) in [5.41, 5.74) is 8.54. The van der Waals surface area contributed by atoms with Crippen molar-refractivity contribution in [2.75, 3.05) is 19.0 Å². The number of methoxy groups -OCH3 is 1. The van der Waals surface area contributed by atoms with Crippen LogP contribution in [0.4, 0.5) is 23.2 Å². The Balaban J connectivity index is 1.82. The van der Waals surface area contributed by atoms with Crippen molar-refractivity contribution in [2.24, 2.45) is 5.73 Å². The number of hydrogen-bond acceptors (Lipinski definition) is 7. The van der Waals surface area contributed by atoms with Gasteiger partial charge in [-0.25, -0.2) is 19.0 Å². The number of rotatable bonds is 6. The van der Waals surface area contributed by atoms with Crippen LogP contribution in [0.15, 0.2) is 36.9 Å². The normalized spacial score (nSPS) is 12.4. The fraction of sp³-hybridized carbons (Fsp3) is 0.250. The molecule has 12 heteroatoms. The van der Waals surface area contributed by atoms with Crippen LogP contribution in [0.5, 0.6) is 6.01 Å². The zero-order valence-electron chi connectivity index (χ0n) is 19.3. The second-order valence-corrected chi connectivity index (χ2v) is 8.14. The highest BCUT2D eigenvalue weighted by Gasteiger charge is 2.38. The zero-order valence-corrected chi connectivity index (χ0v) is 19.3. The lowest BCUT2D eigenvalue weighted by atomic mass is 9.99. The van der Waals surface area contributed by atoms with Gasteiger partial charge in [-0.15, -0.1) is 0 Å². The molecule has 1 aromatic carbocycles. The molecule has 36 heavy (non-hydrogen) atoms. The molecule has 3 N–H and O–H groups in total. The predicted molar refractivity (Wildman–Crippen MR) is 124 cm³/mol. The summed E-state index contributed by atoms with van der Waals surface area (Å²) >= 11 is 0. The van der Waals surface area contributed by atoms with E-state index in [9.17, 15) is 17.6 Å². The fourth-order valence-corrected chi connectivity index (χ4v) is 4.44. The minimum absolute atomic E-state index is 0.126. The lowest BCUT2D eigenvalue weighted by Gasteiger charge is -2.16. The lowest BCUT2D eigenvalue weighted by molar-refractivity contribution is -0.141. The molecule has 186 valence electrons. The minimum Gasteiger partial charge on any atom is -0.467 e. The molecule has 3 heterocycles. The van der Waals surface area contributed by atoms with Crippen molar-refractivity contribution >= 4 is 5.69 Å². The maximum absolute atomic E-state index is 14.7. The van der Waals surface area contributed by atoms with Crippen molar-refractivity contribution < 1.29 is 22.3 Å². The third-order valence-electron chi connectivity index (χ3n) is 5.95. The number of pyridine rings is 1. The molecule has 1 aliphatic rings. The van der Waals surface area contributed by atoms with Crippen LogP contribution < -0.4 is 15.8 Å². The van der Waals surface area contributed by atoms with E-state index in [1.165, 1.54) is 44.0 Å². The number of nitrogens with two attached hydrogens (primary N) is 1. The van der Waals surface area contributed by atoms with Crippen molar-refractivity contribution in [2.45, 2.75) is 26.1 Å². The van der Waals surface area contributed by atoms with E-state index < -0.39 is 17.7 Å². The number of hydrogen-bond donors (Lipinski definition) is 2. The molecular weight excluding hydrogens is 478 g/mol. The number of halogens is 4. The Morgan fingerprint density at radius 3 is 2.47 bits per heavy atom. The molecule has 0 amide bonds. The van der Waals surface area contributed by atoms with Gasteiger partial charge in [0.05, 0.1) is 18.5 Å². The second-order valence-electron chi connectivity index (χ2n) is 8.14. The fourth-order valence-electron chi connectivity index (χ4n) is 4.44. The smallest absolute Gasteiger partial charge is 0.435 e. The average Bonchev–Trinajstić information content (AvgIpc) is 3.46. The third-order valence-corrected chi connectivity index (χ3v) is 5.95. The summed E-state index contributed by atoms with van der Waals surface area (Å²) in [6, 6.07) is 2.88. The Hall–Kier alpha value is -4.06. The Kier molecular flexibility index (Phi) is 5.83. The molecule has 0 spiro atoms. The van der Waals surface area contributed by atoms with Gasteiger partial charge in [-0.1, -0.05) is 0 Å². The molecule has 0 fully saturated rings. The summed E-state index contributed by atoms with van der Waals surface area (Å²) in [5, 5.41) is 7.04. The summed E-state index contributed by atoms with van der Waals surface area (Å²) in [4.78, 5) is 12.8. The molecule has 0 radical (unpaired) electrons. The SMILES string of the molecule is CCNc1cc(F)cc2c1Cc1ncc(-c3cnc(OC)nc3)c(-n3cc(CN)c(C(F)(F)F)n3)c1-2. The van der Waals surface area contributed by atoms with Crippen LogP contribution in [0.25, 0.3) is 27.9 Å². The van der Waals surface area contributed by atoms with Crippen molar-refractivity contribution in [1.29, 1.82) is 0 Å². The molecule has 0 aliphatic heterocycles. The number of aromatic nitrogens is 5. The molecule has 0 saturated heterocycles. The lowest BCUT2D eigenvalue weighted by Crippen LogP contribution is -2.12. The van der Waals surface area contributed by atoms with Crippen molar-refractivity contribution in [1.82, 2.24) is 24.7 Å². The number of fused-ring (bicyclic) bond motifs is 3. The maximum atomic E-state index is 14.7. The van der Waals surface area contributed by atoms with E-state index in [0.717, 1.165) is 10.2 Å². The van der Waals surface area contributed by atoms with Gasteiger partial charge in [0.1, 0.15) is 5.82 Å². The van der Waals surface area contributed by atoms with E-state index in [1.54, 1.807) is 0 Å². The monoisotopic (exact) mass is 499 g/mol. The van der Waals surface area contributed by atoms with E-state index in [-0.39, 0.29) is 18.1 Å². The first-order valence-corrected chi connectivity index (χ1v) is 11.1. The molecule has 3 aromatic heterocycles. The maximum Gasteiger partial charge on any atom is 0.435 e. The summed E-state index contributed by atoms with van der Waals surface area (Å²) in [5.74, 6) is -0.485. The quantitative estimate of drug-likeness (QED) is 0.335. The van der Waals surface area contributed by atoms with Gasteiger partial charge in [0.2, 0.25) is 0 Å². The Labute approximate surface area is 203 Å². The van der Waals surface area contributed by atoms with Crippen LogP contribution in [0.2, 0.25) is 0 Å². The summed E-state index contributed by atoms with van der Waals surface area (Å²) < 4.78 is 62.1. The van der Waals surface area contributed by atoms with Crippen LogP contribution in [0.1, 0.15) is 29.4 Å². The largest absolute Gasteiger partial charge is 0.467 e. The average molecular weight is 499 g/mol. The van der Waals surface area contributed by atoms with Crippen LogP contribution in [-0.4, -0.2) is 38.4 Å². The highest BCUT2D eigenvalue weighted by molar-refractivity contribution is 5.91. The summed E-state index contributed by atoms with van der Waals surface area (Å²) in [6.07, 6.45) is 1.39. The molecule has 8 nitrogen and oxygen atoms in total. The number of anilines is 1. The third kappa shape index (κ3) is 3.92. The molecule has 5 rings (SSSR count). The van der Waals surface area contributed by atoms with Gasteiger partial charge in [0.15, 0.2) is 5.69 Å². The number of nitrogens with zero attached hydrogens (tertiary/aromatic N) is 5. The van der Waals surface area contributed by atoms with Gasteiger partial charge in [0.25, 0.3) is 0 Å². The van der Waals surface area contributed by atoms with Gasteiger partial charge in [-0.2, -0.15) is 18.3 Å². The van der Waals surface area contributed by atoms with E-state index in [4.69, 9.17) is 10.5 Å². The number of benzene rings is 1. The zero-order chi connectivity index (χ0) is 25.6. The standard InChI is InChI=1S/C24H21F4N7O/c1-3-30-18-5-14(25)4-16-15(18)6-19-20(16)21(35-11-12(7-29)22(34-35)24(26,27)28)17(10-31-19)13-8-32-23(36-2)33-9-13/h4-5,8-11,30H,3,6-7,29H2,1-2H3. The topological polar surface area (TPSA) is 104 Å². The van der Waals surface area contributed by atoms with Gasteiger partial charge in [-0.05, 0) is 30.2 Å². The van der Waals surface area contributed by atoms with E-state index in [2.05, 4.69) is 25.4 Å². The van der Waals surface area contributed by atoms with Crippen LogP contribution in [-0.2, 0) is 19.1 Å². The van der Waals surface area contributed by atoms with Crippen molar-refractivity contribution in [3.05, 3.63) is 65.3 Å². The molecular formula is C24H21F4N7O. The Bertz CT molecular complexity index is 1450. The number of alkyl halides is 3. The first-order chi connectivity index (χ1) is 17.2. The number of ether oxygens (including phenoxy) is 1. The van der Waals surface area contributed by atoms with Crippen LogP contribution in [0, 0.1) is 5.82 Å². The molecule has 0 atom stereocenters. The van der Waals surface area contributed by atoms with Gasteiger partial charge in [0, 0.05) is 72.2 Å². The molecule has 1 aliphatic carbocycles. The second kappa shape index (κ2) is 8.86. The highest BCUT2D eigenvalue weighted by Crippen LogP contribution is 2.46. The highest BCUT2D eigenvalue weighted by atomic mass is 19.4. The van der Waals surface area contributed by atoms with Crippen LogP contribution in [0.3, 0.4) is 0 Å². The number of nitrogens with one attached hydrogen (secondary N) is 1.